The topological polar surface area (TPSA) is 86.5 Å². The molecule has 1 aromatic carbocycles. The molecule has 84 valence electrons. The molecule has 17 heavy (non-hydrogen) atoms. The van der Waals surface area contributed by atoms with Crippen LogP contribution < -0.4 is 5.73 Å². The Kier molecular flexibility index (Phi) is 2.63. The van der Waals surface area contributed by atoms with Gasteiger partial charge in [-0.2, -0.15) is 0 Å². The summed E-state index contributed by atoms with van der Waals surface area (Å²) in [6.45, 7) is 0. The highest BCUT2D eigenvalue weighted by Gasteiger charge is 2.29. The number of primary amides is 1. The van der Waals surface area contributed by atoms with Gasteiger partial charge in [0.15, 0.2) is 0 Å². The number of nitrogens with two attached hydrogens (primary N) is 1. The third-order valence-electron chi connectivity index (χ3n) is 2.14. The first-order chi connectivity index (χ1) is 8.08. The SMILES string of the molecule is NC(=O)CC#Cc1ccc2c(c1)C(=O)OC2=O. The van der Waals surface area contributed by atoms with Crippen molar-refractivity contribution in [2.45, 2.75) is 6.42 Å². The highest BCUT2D eigenvalue weighted by molar-refractivity contribution is 6.14. The van der Waals surface area contributed by atoms with E-state index < -0.39 is 17.8 Å². The van der Waals surface area contributed by atoms with Crippen molar-refractivity contribution in [1.82, 2.24) is 0 Å². The van der Waals surface area contributed by atoms with Crippen molar-refractivity contribution in [3.63, 3.8) is 0 Å². The zero-order valence-corrected chi connectivity index (χ0v) is 8.65. The molecule has 0 radical (unpaired) electrons. The van der Waals surface area contributed by atoms with E-state index in [1.54, 1.807) is 6.07 Å². The third-order valence-corrected chi connectivity index (χ3v) is 2.14. The van der Waals surface area contributed by atoms with Crippen LogP contribution in [0.2, 0.25) is 0 Å². The van der Waals surface area contributed by atoms with E-state index in [-0.39, 0.29) is 17.5 Å². The average Bonchev–Trinajstić information content (AvgIpc) is 2.54. The summed E-state index contributed by atoms with van der Waals surface area (Å²) < 4.78 is 4.43. The number of carbonyl (C=O) groups excluding carboxylic acids is 3. The lowest BCUT2D eigenvalue weighted by atomic mass is 10.1. The normalized spacial score (nSPS) is 12.5. The van der Waals surface area contributed by atoms with Gasteiger partial charge in [0.2, 0.25) is 5.91 Å². The first kappa shape index (κ1) is 10.9. The number of fused-ring (bicyclic) bond motifs is 1. The summed E-state index contributed by atoms with van der Waals surface area (Å²) in [5, 5.41) is 0. The quantitative estimate of drug-likeness (QED) is 0.424. The van der Waals surface area contributed by atoms with Crippen LogP contribution in [0.5, 0.6) is 0 Å². The second-order valence-corrected chi connectivity index (χ2v) is 3.38. The van der Waals surface area contributed by atoms with Gasteiger partial charge in [-0.05, 0) is 18.2 Å². The second-order valence-electron chi connectivity index (χ2n) is 3.38. The van der Waals surface area contributed by atoms with Gasteiger partial charge in [0.1, 0.15) is 0 Å². The Hall–Kier alpha value is -2.61. The van der Waals surface area contributed by atoms with Gasteiger partial charge in [-0.25, -0.2) is 9.59 Å². The lowest BCUT2D eigenvalue weighted by molar-refractivity contribution is -0.117. The largest absolute Gasteiger partial charge is 0.386 e. The van der Waals surface area contributed by atoms with E-state index in [2.05, 4.69) is 16.6 Å². The summed E-state index contributed by atoms with van der Waals surface area (Å²) in [5.41, 5.74) is 5.88. The van der Waals surface area contributed by atoms with Crippen LogP contribution in [0.3, 0.4) is 0 Å². The summed E-state index contributed by atoms with van der Waals surface area (Å²) in [6, 6.07) is 4.50. The molecule has 0 bridgehead atoms. The molecule has 0 saturated carbocycles. The molecule has 2 rings (SSSR count). The van der Waals surface area contributed by atoms with Crippen molar-refractivity contribution in [1.29, 1.82) is 0 Å². The van der Waals surface area contributed by atoms with Gasteiger partial charge in [0.05, 0.1) is 17.5 Å². The Bertz CT molecular complexity index is 592. The number of ether oxygens (including phenoxy) is 1. The minimum atomic E-state index is -0.677. The fourth-order valence-electron chi connectivity index (χ4n) is 1.40. The van der Waals surface area contributed by atoms with Crippen molar-refractivity contribution in [2.24, 2.45) is 5.73 Å². The van der Waals surface area contributed by atoms with E-state index in [4.69, 9.17) is 5.73 Å². The van der Waals surface area contributed by atoms with Crippen LogP contribution in [0.25, 0.3) is 0 Å². The van der Waals surface area contributed by atoms with E-state index >= 15 is 0 Å². The van der Waals surface area contributed by atoms with Crippen molar-refractivity contribution < 1.29 is 19.1 Å². The smallest absolute Gasteiger partial charge is 0.346 e. The first-order valence-electron chi connectivity index (χ1n) is 4.75. The Balaban J connectivity index is 2.31. The molecule has 0 spiro atoms. The summed E-state index contributed by atoms with van der Waals surface area (Å²) in [5.74, 6) is 3.38. The Labute approximate surface area is 96.6 Å². The molecule has 5 heteroatoms. The van der Waals surface area contributed by atoms with Crippen LogP contribution in [-0.4, -0.2) is 17.8 Å². The number of rotatable bonds is 1. The molecular weight excluding hydrogens is 222 g/mol. The van der Waals surface area contributed by atoms with E-state index in [9.17, 15) is 14.4 Å². The number of esters is 2. The van der Waals surface area contributed by atoms with Gasteiger partial charge >= 0.3 is 11.9 Å². The van der Waals surface area contributed by atoms with Crippen LogP contribution in [0, 0.1) is 11.8 Å². The number of hydrogen-bond acceptors (Lipinski definition) is 4. The molecule has 0 aliphatic carbocycles. The van der Waals surface area contributed by atoms with Crippen molar-refractivity contribution >= 4 is 17.8 Å². The van der Waals surface area contributed by atoms with E-state index in [0.717, 1.165) is 0 Å². The third kappa shape index (κ3) is 2.16. The molecule has 1 amide bonds. The predicted octanol–water partition coefficient (Wildman–Crippen LogP) is 0.224. The first-order valence-corrected chi connectivity index (χ1v) is 4.75. The average molecular weight is 229 g/mol. The van der Waals surface area contributed by atoms with Crippen molar-refractivity contribution in [3.8, 4) is 11.8 Å². The van der Waals surface area contributed by atoms with Crippen molar-refractivity contribution in [2.75, 3.05) is 0 Å². The molecule has 0 aromatic heterocycles. The molecular formula is C12H7NO4. The Morgan fingerprint density at radius 2 is 1.94 bits per heavy atom. The van der Waals surface area contributed by atoms with Gasteiger partial charge in [-0.15, -0.1) is 0 Å². The number of carbonyl (C=O) groups is 3. The lowest BCUT2D eigenvalue weighted by Crippen LogP contribution is -2.08. The standard InChI is InChI=1S/C12H7NO4/c13-10(14)3-1-2-7-4-5-8-9(6-7)12(16)17-11(8)15/h4-6H,3H2,(H2,13,14). The van der Waals surface area contributed by atoms with Crippen LogP contribution in [0.4, 0.5) is 0 Å². The van der Waals surface area contributed by atoms with Gasteiger partial charge in [0, 0.05) is 5.56 Å². The highest BCUT2D eigenvalue weighted by Crippen LogP contribution is 2.20. The Morgan fingerprint density at radius 3 is 2.65 bits per heavy atom. The molecule has 0 unspecified atom stereocenters. The van der Waals surface area contributed by atoms with Crippen LogP contribution >= 0.6 is 0 Å². The zero-order chi connectivity index (χ0) is 12.4. The molecule has 0 atom stereocenters. The monoisotopic (exact) mass is 229 g/mol. The summed E-state index contributed by atoms with van der Waals surface area (Å²) in [6.07, 6.45) is -0.0551. The van der Waals surface area contributed by atoms with Crippen molar-refractivity contribution in [3.05, 3.63) is 34.9 Å². The number of cyclic esters (lactones) is 2. The van der Waals surface area contributed by atoms with Gasteiger partial charge in [-0.1, -0.05) is 11.8 Å². The lowest BCUT2D eigenvalue weighted by Gasteiger charge is -1.93. The Morgan fingerprint density at radius 1 is 1.24 bits per heavy atom. The summed E-state index contributed by atoms with van der Waals surface area (Å²) in [7, 11) is 0. The molecule has 1 aliphatic heterocycles. The molecule has 5 nitrogen and oxygen atoms in total. The van der Waals surface area contributed by atoms with E-state index in [1.807, 2.05) is 0 Å². The fraction of sp³-hybridized carbons (Fsp3) is 0.0833. The maximum Gasteiger partial charge on any atom is 0.346 e. The summed E-state index contributed by atoms with van der Waals surface area (Å²) in [4.78, 5) is 32.9. The minimum Gasteiger partial charge on any atom is -0.386 e. The van der Waals surface area contributed by atoms with E-state index in [0.29, 0.717) is 5.56 Å². The maximum absolute atomic E-state index is 11.2. The zero-order valence-electron chi connectivity index (χ0n) is 8.65. The number of amides is 1. The summed E-state index contributed by atoms with van der Waals surface area (Å²) >= 11 is 0. The maximum atomic E-state index is 11.2. The molecule has 0 fully saturated rings. The van der Waals surface area contributed by atoms with Crippen LogP contribution in [-0.2, 0) is 9.53 Å². The van der Waals surface area contributed by atoms with Crippen LogP contribution in [0.1, 0.15) is 32.7 Å². The molecule has 1 aromatic rings. The van der Waals surface area contributed by atoms with Crippen LogP contribution in [0.15, 0.2) is 18.2 Å². The van der Waals surface area contributed by atoms with Gasteiger partial charge < -0.3 is 10.5 Å². The molecule has 1 heterocycles. The minimum absolute atomic E-state index is 0.0551. The van der Waals surface area contributed by atoms with E-state index in [1.165, 1.54) is 12.1 Å². The number of benzene rings is 1. The predicted molar refractivity (Wildman–Crippen MR) is 56.9 cm³/mol. The van der Waals surface area contributed by atoms with Gasteiger partial charge in [0.25, 0.3) is 0 Å². The molecule has 2 N–H and O–H groups in total. The highest BCUT2D eigenvalue weighted by atomic mass is 16.6. The number of hydrogen-bond donors (Lipinski definition) is 1. The molecule has 0 saturated heterocycles. The fourth-order valence-corrected chi connectivity index (χ4v) is 1.40. The van der Waals surface area contributed by atoms with Gasteiger partial charge in [-0.3, -0.25) is 4.79 Å². The second kappa shape index (κ2) is 4.10. The molecule has 1 aliphatic rings.